The van der Waals surface area contributed by atoms with E-state index in [0.717, 1.165) is 19.4 Å². The van der Waals surface area contributed by atoms with Gasteiger partial charge in [0.15, 0.2) is 0 Å². The van der Waals surface area contributed by atoms with E-state index in [1.807, 2.05) is 0 Å². The number of carbonyl (C=O) groups is 3. The van der Waals surface area contributed by atoms with Crippen molar-refractivity contribution in [3.8, 4) is 34.4 Å². The lowest BCUT2D eigenvalue weighted by atomic mass is 10.2. The summed E-state index contributed by atoms with van der Waals surface area (Å²) in [4.78, 5) is 33.3. The number of esters is 2. The number of aromatic nitrogens is 2. The van der Waals surface area contributed by atoms with Crippen LogP contribution in [-0.4, -0.2) is 27.9 Å². The maximum Gasteiger partial charge on any atom is 0.379 e. The molecule has 9 nitrogen and oxygen atoms in total. The van der Waals surface area contributed by atoms with Gasteiger partial charge in [0.1, 0.15) is 24.0 Å². The van der Waals surface area contributed by atoms with E-state index in [2.05, 4.69) is 21.5 Å². The van der Waals surface area contributed by atoms with E-state index in [-0.39, 0.29) is 0 Å². The van der Waals surface area contributed by atoms with E-state index in [4.69, 9.17) is 13.9 Å². The summed E-state index contributed by atoms with van der Waals surface area (Å²) in [6.07, 6.45) is 2.12. The highest BCUT2D eigenvalue weighted by molar-refractivity contribution is 6.32. The molecule has 32 heavy (non-hydrogen) atoms. The summed E-state index contributed by atoms with van der Waals surface area (Å²) >= 11 is 0. The highest BCUT2D eigenvalue weighted by atomic mass is 16.5. The predicted molar refractivity (Wildman–Crippen MR) is 112 cm³/mol. The molecule has 3 aromatic rings. The first-order valence-corrected chi connectivity index (χ1v) is 9.29. The third-order valence-corrected chi connectivity index (χ3v) is 3.91. The Morgan fingerprint density at radius 1 is 0.812 bits per heavy atom. The van der Waals surface area contributed by atoms with Gasteiger partial charge in [-0.05, 0) is 55.5 Å². The molecule has 0 aliphatic rings. The minimum Gasteiger partial charge on any atom is -0.462 e. The molecule has 0 unspecified atom stereocenters. The highest BCUT2D eigenvalue weighted by Crippen LogP contribution is 2.26. The molecule has 0 N–H and O–H groups in total. The SMILES string of the molecule is C=C(C)C(=O)Oc1ccc(-c2nnc(-c3ccc(OC=COC(=O)C(C)=O)cc3)o2)cc1. The molecule has 0 bridgehead atoms. The molecule has 162 valence electrons. The van der Waals surface area contributed by atoms with Crippen molar-refractivity contribution in [1.29, 1.82) is 0 Å². The zero-order valence-corrected chi connectivity index (χ0v) is 17.2. The Morgan fingerprint density at radius 2 is 1.34 bits per heavy atom. The van der Waals surface area contributed by atoms with Crippen molar-refractivity contribution in [3.05, 3.63) is 73.2 Å². The average molecular weight is 434 g/mol. The molecule has 0 aliphatic heterocycles. The standard InChI is InChI=1S/C23H18N2O7/c1-14(2)22(27)31-19-10-6-17(7-11-19)21-25-24-20(32-21)16-4-8-18(9-5-16)29-12-13-30-23(28)15(3)26/h4-13H,1H2,2-3H3. The zero-order chi connectivity index (χ0) is 23.1. The molecule has 1 aromatic heterocycles. The molecular formula is C23H18N2O7. The number of benzene rings is 2. The van der Waals surface area contributed by atoms with Gasteiger partial charge >= 0.3 is 11.9 Å². The third-order valence-electron chi connectivity index (χ3n) is 3.91. The van der Waals surface area contributed by atoms with Crippen LogP contribution in [0.4, 0.5) is 0 Å². The number of ether oxygens (including phenoxy) is 3. The number of Topliss-reactive ketones (excluding diaryl/α,β-unsaturated/α-hetero) is 1. The maximum atomic E-state index is 11.6. The third kappa shape index (κ3) is 5.76. The van der Waals surface area contributed by atoms with Gasteiger partial charge in [-0.1, -0.05) is 6.58 Å². The van der Waals surface area contributed by atoms with E-state index in [1.54, 1.807) is 55.5 Å². The van der Waals surface area contributed by atoms with Crippen LogP contribution in [0.25, 0.3) is 22.9 Å². The van der Waals surface area contributed by atoms with Crippen LogP contribution >= 0.6 is 0 Å². The van der Waals surface area contributed by atoms with Gasteiger partial charge in [0.2, 0.25) is 17.6 Å². The molecule has 0 spiro atoms. The van der Waals surface area contributed by atoms with Crippen molar-refractivity contribution in [2.24, 2.45) is 0 Å². The van der Waals surface area contributed by atoms with E-state index < -0.39 is 17.7 Å². The summed E-state index contributed by atoms with van der Waals surface area (Å²) in [6, 6.07) is 13.4. The summed E-state index contributed by atoms with van der Waals surface area (Å²) in [5.41, 5.74) is 1.62. The molecule has 0 saturated carbocycles. The fraction of sp³-hybridized carbons (Fsp3) is 0.0870. The number of nitrogens with zero attached hydrogens (tertiary/aromatic N) is 2. The van der Waals surface area contributed by atoms with Crippen molar-refractivity contribution in [1.82, 2.24) is 10.2 Å². The molecule has 9 heteroatoms. The molecule has 0 aliphatic carbocycles. The monoisotopic (exact) mass is 434 g/mol. The quantitative estimate of drug-likeness (QED) is 0.171. The Kier molecular flexibility index (Phi) is 6.92. The Balaban J connectivity index is 1.62. The first kappa shape index (κ1) is 22.2. The summed E-state index contributed by atoms with van der Waals surface area (Å²) < 4.78 is 20.7. The van der Waals surface area contributed by atoms with Crippen molar-refractivity contribution in [2.45, 2.75) is 13.8 Å². The smallest absolute Gasteiger partial charge is 0.379 e. The lowest BCUT2D eigenvalue weighted by Crippen LogP contribution is -2.10. The normalized spacial score (nSPS) is 10.6. The van der Waals surface area contributed by atoms with E-state index in [9.17, 15) is 14.4 Å². The van der Waals surface area contributed by atoms with E-state index in [0.29, 0.717) is 40.0 Å². The van der Waals surface area contributed by atoms with E-state index in [1.165, 1.54) is 0 Å². The second-order valence-electron chi connectivity index (χ2n) is 6.48. The first-order chi connectivity index (χ1) is 15.3. The molecule has 1 heterocycles. The minimum absolute atomic E-state index is 0.299. The maximum absolute atomic E-state index is 11.6. The van der Waals surface area contributed by atoms with Crippen LogP contribution in [0.2, 0.25) is 0 Å². The summed E-state index contributed by atoms with van der Waals surface area (Å²) in [7, 11) is 0. The Labute approximate surface area is 182 Å². The van der Waals surface area contributed by atoms with Gasteiger partial charge in [0.25, 0.3) is 0 Å². The molecule has 0 radical (unpaired) electrons. The Hall–Kier alpha value is -4.53. The molecule has 2 aromatic carbocycles. The first-order valence-electron chi connectivity index (χ1n) is 9.29. The second-order valence-corrected chi connectivity index (χ2v) is 6.48. The average Bonchev–Trinajstić information content (AvgIpc) is 3.27. The number of carbonyl (C=O) groups excluding carboxylic acids is 3. The van der Waals surface area contributed by atoms with Crippen LogP contribution in [0.1, 0.15) is 13.8 Å². The van der Waals surface area contributed by atoms with Crippen LogP contribution < -0.4 is 9.47 Å². The number of hydrogen-bond donors (Lipinski definition) is 0. The molecule has 0 fully saturated rings. The lowest BCUT2D eigenvalue weighted by Gasteiger charge is -2.03. The highest BCUT2D eigenvalue weighted by Gasteiger charge is 2.12. The van der Waals surface area contributed by atoms with Crippen molar-refractivity contribution in [2.75, 3.05) is 0 Å². The largest absolute Gasteiger partial charge is 0.462 e. The Morgan fingerprint density at radius 3 is 1.84 bits per heavy atom. The Bertz CT molecular complexity index is 1180. The van der Waals surface area contributed by atoms with Gasteiger partial charge in [-0.2, -0.15) is 0 Å². The van der Waals surface area contributed by atoms with Gasteiger partial charge in [-0.15, -0.1) is 10.2 Å². The van der Waals surface area contributed by atoms with Crippen LogP contribution in [0.15, 0.2) is 77.6 Å². The van der Waals surface area contributed by atoms with Gasteiger partial charge in [0, 0.05) is 23.6 Å². The van der Waals surface area contributed by atoms with Crippen LogP contribution in [0, 0.1) is 0 Å². The van der Waals surface area contributed by atoms with Gasteiger partial charge < -0.3 is 18.6 Å². The van der Waals surface area contributed by atoms with Crippen LogP contribution in [0.5, 0.6) is 11.5 Å². The van der Waals surface area contributed by atoms with Gasteiger partial charge in [0.05, 0.1) is 0 Å². The van der Waals surface area contributed by atoms with Crippen molar-refractivity contribution >= 4 is 17.7 Å². The molecule has 0 saturated heterocycles. The van der Waals surface area contributed by atoms with Crippen molar-refractivity contribution < 1.29 is 33.0 Å². The predicted octanol–water partition coefficient (Wildman–Crippen LogP) is 3.87. The lowest BCUT2D eigenvalue weighted by molar-refractivity contribution is -0.148. The summed E-state index contributed by atoms with van der Waals surface area (Å²) in [5.74, 6) is -0.748. The van der Waals surface area contributed by atoms with Gasteiger partial charge in [-0.25, -0.2) is 9.59 Å². The minimum atomic E-state index is -0.977. The molecular weight excluding hydrogens is 416 g/mol. The van der Waals surface area contributed by atoms with Gasteiger partial charge in [-0.3, -0.25) is 4.79 Å². The molecule has 3 rings (SSSR count). The second kappa shape index (κ2) is 9.98. The van der Waals surface area contributed by atoms with Crippen molar-refractivity contribution in [3.63, 3.8) is 0 Å². The molecule has 0 amide bonds. The summed E-state index contributed by atoms with van der Waals surface area (Å²) in [6.45, 7) is 6.21. The summed E-state index contributed by atoms with van der Waals surface area (Å²) in [5, 5.41) is 8.08. The fourth-order valence-corrected chi connectivity index (χ4v) is 2.27. The number of ketones is 1. The zero-order valence-electron chi connectivity index (χ0n) is 17.2. The van der Waals surface area contributed by atoms with Crippen LogP contribution in [-0.2, 0) is 19.1 Å². The van der Waals surface area contributed by atoms with E-state index >= 15 is 0 Å². The topological polar surface area (TPSA) is 118 Å². The number of hydrogen-bond acceptors (Lipinski definition) is 9. The number of rotatable bonds is 8. The van der Waals surface area contributed by atoms with Crippen LogP contribution in [0.3, 0.4) is 0 Å². The fourth-order valence-electron chi connectivity index (χ4n) is 2.27. The molecule has 0 atom stereocenters.